The fourth-order valence-corrected chi connectivity index (χ4v) is 4.45. The zero-order valence-corrected chi connectivity index (χ0v) is 21.1. The van der Waals surface area contributed by atoms with Crippen molar-refractivity contribution in [3.8, 4) is 0 Å². The van der Waals surface area contributed by atoms with Crippen molar-refractivity contribution in [1.29, 1.82) is 0 Å². The van der Waals surface area contributed by atoms with Gasteiger partial charge in [-0.1, -0.05) is 18.2 Å². The Kier molecular flexibility index (Phi) is 10.3. The molecule has 3 aromatic rings. The van der Waals surface area contributed by atoms with E-state index >= 15 is 0 Å². The number of aliphatic hydroxyl groups excluding tert-OH is 1. The molecular weight excluding hydrogens is 491 g/mol. The van der Waals surface area contributed by atoms with Gasteiger partial charge in [-0.05, 0) is 57.0 Å². The number of halogens is 5. The zero-order valence-electron chi connectivity index (χ0n) is 21.1. The standard InChI is InChI=1S/C15H18F2N2O.C12H17F3N2/c1-10-6-12-11-4-2-3-5-13(11)18-14(12)7-19(10)8-15(16,17)9-20;1-9(8-16-4-2-3-13)17-12-6-10(14)5-11(15)7-12/h2-5,10,18,20H,6-9H2,1H3;5-7,9,16-17H,2-4,8H2,1H3/t10-;/m1./s1. The molecule has 2 aromatic carbocycles. The first kappa shape index (κ1) is 28.9. The number of benzene rings is 2. The van der Waals surface area contributed by atoms with Gasteiger partial charge in [0.25, 0.3) is 5.92 Å². The number of rotatable bonds is 10. The molecule has 4 rings (SSSR count). The summed E-state index contributed by atoms with van der Waals surface area (Å²) in [7, 11) is 0. The molecule has 2 atom stereocenters. The zero-order chi connectivity index (χ0) is 27.0. The topological polar surface area (TPSA) is 63.3 Å². The third-order valence-electron chi connectivity index (χ3n) is 6.27. The summed E-state index contributed by atoms with van der Waals surface area (Å²) in [4.78, 5) is 5.05. The first-order chi connectivity index (χ1) is 17.6. The number of H-pyrrole nitrogens is 1. The van der Waals surface area contributed by atoms with E-state index in [9.17, 15) is 22.0 Å². The van der Waals surface area contributed by atoms with Crippen LogP contribution >= 0.6 is 0 Å². The Morgan fingerprint density at radius 2 is 1.86 bits per heavy atom. The lowest BCUT2D eigenvalue weighted by Crippen LogP contribution is -2.46. The van der Waals surface area contributed by atoms with Gasteiger partial charge in [-0.2, -0.15) is 0 Å². The monoisotopic (exact) mass is 526 g/mol. The molecule has 0 bridgehead atoms. The van der Waals surface area contributed by atoms with Crippen molar-refractivity contribution in [2.75, 3.05) is 38.2 Å². The smallest absolute Gasteiger partial charge is 0.283 e. The minimum atomic E-state index is -3.04. The lowest BCUT2D eigenvalue weighted by molar-refractivity contribution is -0.0819. The van der Waals surface area contributed by atoms with Gasteiger partial charge in [0.15, 0.2) is 0 Å². The van der Waals surface area contributed by atoms with E-state index < -0.39 is 30.7 Å². The summed E-state index contributed by atoms with van der Waals surface area (Å²) in [5.41, 5.74) is 3.71. The summed E-state index contributed by atoms with van der Waals surface area (Å²) in [5, 5.41) is 15.9. The van der Waals surface area contributed by atoms with E-state index in [1.807, 2.05) is 32.0 Å². The summed E-state index contributed by atoms with van der Waals surface area (Å²) in [6, 6.07) is 11.4. The molecule has 204 valence electrons. The maximum Gasteiger partial charge on any atom is 0.283 e. The highest BCUT2D eigenvalue weighted by molar-refractivity contribution is 5.84. The second-order valence-electron chi connectivity index (χ2n) is 9.55. The van der Waals surface area contributed by atoms with Crippen LogP contribution in [0.25, 0.3) is 10.9 Å². The molecule has 0 saturated carbocycles. The fraction of sp³-hybridized carbons (Fsp3) is 0.481. The average Bonchev–Trinajstić information content (AvgIpc) is 3.19. The quantitative estimate of drug-likeness (QED) is 0.215. The Labute approximate surface area is 214 Å². The molecule has 4 N–H and O–H groups in total. The molecule has 0 aliphatic carbocycles. The van der Waals surface area contributed by atoms with Gasteiger partial charge < -0.3 is 20.7 Å². The van der Waals surface area contributed by atoms with Crippen molar-refractivity contribution in [2.45, 2.75) is 51.2 Å². The first-order valence-corrected chi connectivity index (χ1v) is 12.4. The number of para-hydroxylation sites is 1. The minimum Gasteiger partial charge on any atom is -0.390 e. The molecule has 0 fully saturated rings. The number of aromatic amines is 1. The Morgan fingerprint density at radius 1 is 1.16 bits per heavy atom. The molecule has 2 heterocycles. The van der Waals surface area contributed by atoms with Crippen molar-refractivity contribution in [2.24, 2.45) is 0 Å². The molecule has 1 aromatic heterocycles. The number of hydrogen-bond acceptors (Lipinski definition) is 4. The van der Waals surface area contributed by atoms with Crippen LogP contribution in [0.15, 0.2) is 42.5 Å². The van der Waals surface area contributed by atoms with Crippen molar-refractivity contribution in [1.82, 2.24) is 15.2 Å². The largest absolute Gasteiger partial charge is 0.390 e. The number of nitrogens with one attached hydrogen (secondary N) is 3. The maximum atomic E-state index is 13.4. The van der Waals surface area contributed by atoms with Crippen LogP contribution in [-0.2, 0) is 13.0 Å². The molecule has 0 spiro atoms. The molecule has 0 radical (unpaired) electrons. The van der Waals surface area contributed by atoms with Crippen LogP contribution in [0.2, 0.25) is 0 Å². The Balaban J connectivity index is 0.000000209. The van der Waals surface area contributed by atoms with Gasteiger partial charge in [0.2, 0.25) is 0 Å². The average molecular weight is 527 g/mol. The number of fused-ring (bicyclic) bond motifs is 3. The van der Waals surface area contributed by atoms with E-state index in [0.717, 1.165) is 23.7 Å². The highest BCUT2D eigenvalue weighted by Gasteiger charge is 2.35. The van der Waals surface area contributed by atoms with Gasteiger partial charge in [-0.25, -0.2) is 17.6 Å². The van der Waals surface area contributed by atoms with Crippen LogP contribution in [-0.4, -0.2) is 65.9 Å². The highest BCUT2D eigenvalue weighted by Crippen LogP contribution is 2.31. The molecule has 37 heavy (non-hydrogen) atoms. The van der Waals surface area contributed by atoms with Gasteiger partial charge in [0, 0.05) is 53.5 Å². The van der Waals surface area contributed by atoms with E-state index in [1.165, 1.54) is 23.1 Å². The summed E-state index contributed by atoms with van der Waals surface area (Å²) in [5.74, 6) is -4.26. The van der Waals surface area contributed by atoms with E-state index in [2.05, 4.69) is 21.7 Å². The maximum absolute atomic E-state index is 13.4. The molecule has 1 unspecified atom stereocenters. The Bertz CT molecular complexity index is 1120. The number of anilines is 1. The number of alkyl halides is 3. The second-order valence-corrected chi connectivity index (χ2v) is 9.55. The predicted molar refractivity (Wildman–Crippen MR) is 137 cm³/mol. The van der Waals surface area contributed by atoms with Crippen molar-refractivity contribution < 1.29 is 27.1 Å². The molecule has 1 aliphatic rings. The third kappa shape index (κ3) is 8.41. The Hall–Kier alpha value is -2.69. The number of hydrogen-bond donors (Lipinski definition) is 4. The third-order valence-corrected chi connectivity index (χ3v) is 6.27. The first-order valence-electron chi connectivity index (χ1n) is 12.4. The molecule has 10 heteroatoms. The van der Waals surface area contributed by atoms with Crippen molar-refractivity contribution >= 4 is 16.6 Å². The summed E-state index contributed by atoms with van der Waals surface area (Å²) in [6.45, 7) is 3.67. The Morgan fingerprint density at radius 3 is 2.54 bits per heavy atom. The van der Waals surface area contributed by atoms with Gasteiger partial charge in [0.05, 0.1) is 13.2 Å². The second kappa shape index (κ2) is 13.2. The van der Waals surface area contributed by atoms with E-state index in [4.69, 9.17) is 5.11 Å². The summed E-state index contributed by atoms with van der Waals surface area (Å²) >= 11 is 0. The predicted octanol–water partition coefficient (Wildman–Crippen LogP) is 5.26. The van der Waals surface area contributed by atoms with Gasteiger partial charge in [-0.15, -0.1) is 0 Å². The van der Waals surface area contributed by atoms with Crippen molar-refractivity contribution in [3.63, 3.8) is 0 Å². The van der Waals surface area contributed by atoms with E-state index in [1.54, 1.807) is 4.90 Å². The number of aromatic nitrogens is 1. The van der Waals surface area contributed by atoms with E-state index in [-0.39, 0.29) is 18.8 Å². The highest BCUT2D eigenvalue weighted by atomic mass is 19.3. The summed E-state index contributed by atoms with van der Waals surface area (Å²) < 4.78 is 64.4. The van der Waals surface area contributed by atoms with Gasteiger partial charge in [-0.3, -0.25) is 9.29 Å². The van der Waals surface area contributed by atoms with Gasteiger partial charge in [0.1, 0.15) is 18.2 Å². The lowest BCUT2D eigenvalue weighted by Gasteiger charge is -2.35. The SMILES string of the molecule is CC(CNCCCF)Nc1cc(F)cc(F)c1.C[C@@H]1Cc2c([nH]c3ccccc23)CN1CC(F)(F)CO. The number of nitrogens with zero attached hydrogens (tertiary/aromatic N) is 1. The van der Waals surface area contributed by atoms with Crippen LogP contribution in [0.3, 0.4) is 0 Å². The number of aliphatic hydroxyl groups is 1. The van der Waals surface area contributed by atoms with E-state index in [0.29, 0.717) is 31.7 Å². The molecule has 1 aliphatic heterocycles. The van der Waals surface area contributed by atoms with Crippen LogP contribution in [0, 0.1) is 11.6 Å². The molecule has 0 amide bonds. The van der Waals surface area contributed by atoms with Crippen LogP contribution < -0.4 is 10.6 Å². The molecule has 0 saturated heterocycles. The molecular formula is C27H35F5N4O. The fourth-order valence-electron chi connectivity index (χ4n) is 4.45. The molecule has 5 nitrogen and oxygen atoms in total. The summed E-state index contributed by atoms with van der Waals surface area (Å²) in [6.07, 6.45) is 1.22. The van der Waals surface area contributed by atoms with Crippen LogP contribution in [0.4, 0.5) is 27.6 Å². The van der Waals surface area contributed by atoms with Gasteiger partial charge >= 0.3 is 0 Å². The van der Waals surface area contributed by atoms with Crippen LogP contribution in [0.1, 0.15) is 31.5 Å². The lowest BCUT2D eigenvalue weighted by atomic mass is 9.97. The van der Waals surface area contributed by atoms with Crippen LogP contribution in [0.5, 0.6) is 0 Å². The minimum absolute atomic E-state index is 0.0100. The van der Waals surface area contributed by atoms with Crippen molar-refractivity contribution in [3.05, 3.63) is 65.4 Å². The normalized spacial score (nSPS) is 16.7.